The average molecular weight is 248 g/mol. The molecule has 0 saturated carbocycles. The fourth-order valence-electron chi connectivity index (χ4n) is 1.40. The van der Waals surface area contributed by atoms with Gasteiger partial charge in [0.15, 0.2) is 0 Å². The van der Waals surface area contributed by atoms with Crippen molar-refractivity contribution in [3.8, 4) is 11.1 Å². The second-order valence-electron chi connectivity index (χ2n) is 2.93. The Labute approximate surface area is 116 Å². The Hall–Kier alpha value is -0.430. The molecule has 0 aromatic rings. The van der Waals surface area contributed by atoms with Crippen LogP contribution >= 0.6 is 0 Å². The van der Waals surface area contributed by atoms with E-state index in [2.05, 4.69) is 0 Å². The first kappa shape index (κ1) is 15.6. The van der Waals surface area contributed by atoms with Crippen LogP contribution in [0.4, 0.5) is 0 Å². The van der Waals surface area contributed by atoms with Gasteiger partial charge >= 0.3 is 29.6 Å². The van der Waals surface area contributed by atoms with E-state index in [1.807, 2.05) is 0 Å². The maximum absolute atomic E-state index is 10.9. The molecule has 80 valence electrons. The third-order valence-corrected chi connectivity index (χ3v) is 2.92. The molecule has 0 spiro atoms. The Morgan fingerprint density at radius 2 is 1.56 bits per heavy atom. The predicted molar refractivity (Wildman–Crippen MR) is 54.6 cm³/mol. The molecule has 0 amide bonds. The standard InChI is InChI=1S/C10H8O3S.Na.H2O/c11-14(12,13)10-7-6-8-4-2-1-3-5-9(8)10;;/h1-7H,(H,11,12,13);;1H2/q;+1;/p-1. The molecule has 2 aliphatic rings. The molecule has 16 heavy (non-hydrogen) atoms. The van der Waals surface area contributed by atoms with E-state index in [4.69, 9.17) is 0 Å². The molecule has 0 unspecified atom stereocenters. The van der Waals surface area contributed by atoms with E-state index in [0.29, 0.717) is 5.56 Å². The Balaban J connectivity index is 0.00000112. The molecule has 0 aliphatic heterocycles. The van der Waals surface area contributed by atoms with Crippen LogP contribution in [-0.2, 0) is 10.1 Å². The van der Waals surface area contributed by atoms with E-state index in [9.17, 15) is 13.0 Å². The molecule has 0 radical (unpaired) electrons. The zero-order valence-corrected chi connectivity index (χ0v) is 11.5. The summed E-state index contributed by atoms with van der Waals surface area (Å²) >= 11 is 0. The maximum Gasteiger partial charge on any atom is 1.00 e. The molecule has 0 saturated heterocycles. The van der Waals surface area contributed by atoms with Crippen molar-refractivity contribution in [2.45, 2.75) is 4.90 Å². The molecule has 2 N–H and O–H groups in total. The topological polar surface area (TPSA) is 88.7 Å². The van der Waals surface area contributed by atoms with E-state index < -0.39 is 10.1 Å². The van der Waals surface area contributed by atoms with Gasteiger partial charge in [-0.3, -0.25) is 0 Å². The molecule has 0 bridgehead atoms. The van der Waals surface area contributed by atoms with E-state index in [-0.39, 0.29) is 39.9 Å². The van der Waals surface area contributed by atoms with Crippen LogP contribution in [-0.4, -0.2) is 18.4 Å². The van der Waals surface area contributed by atoms with Crippen molar-refractivity contribution in [3.63, 3.8) is 0 Å². The van der Waals surface area contributed by atoms with Gasteiger partial charge in [0.25, 0.3) is 0 Å². The second-order valence-corrected chi connectivity index (χ2v) is 4.28. The van der Waals surface area contributed by atoms with Crippen LogP contribution in [0.2, 0.25) is 0 Å². The van der Waals surface area contributed by atoms with Crippen molar-refractivity contribution in [3.05, 3.63) is 42.5 Å². The zero-order valence-electron chi connectivity index (χ0n) is 8.67. The molecule has 2 rings (SSSR count). The Morgan fingerprint density at radius 3 is 2.19 bits per heavy atom. The van der Waals surface area contributed by atoms with E-state index in [1.165, 1.54) is 6.07 Å². The molecule has 6 heteroatoms. The number of rotatable bonds is 1. The van der Waals surface area contributed by atoms with Gasteiger partial charge in [0.05, 0.1) is 4.90 Å². The molecule has 0 aromatic heterocycles. The molecule has 4 nitrogen and oxygen atoms in total. The number of fused-ring (bicyclic) bond motifs is 1. The van der Waals surface area contributed by atoms with Gasteiger partial charge in [0.1, 0.15) is 10.1 Å². The van der Waals surface area contributed by atoms with Crippen molar-refractivity contribution in [1.82, 2.24) is 0 Å². The van der Waals surface area contributed by atoms with Gasteiger partial charge in [-0.15, -0.1) is 0 Å². The van der Waals surface area contributed by atoms with Gasteiger partial charge in [0, 0.05) is 0 Å². The van der Waals surface area contributed by atoms with E-state index in [1.54, 1.807) is 36.4 Å². The molecule has 2 aliphatic carbocycles. The molecule has 0 aromatic carbocycles. The van der Waals surface area contributed by atoms with Crippen LogP contribution in [0.5, 0.6) is 0 Å². The SMILES string of the molecule is O.O=S(=O)([O-])c1ccc2cccccc1-2.[Na+]. The van der Waals surface area contributed by atoms with Crippen molar-refractivity contribution in [2.24, 2.45) is 0 Å². The summed E-state index contributed by atoms with van der Waals surface area (Å²) in [5.74, 6) is 0. The van der Waals surface area contributed by atoms with E-state index >= 15 is 0 Å². The van der Waals surface area contributed by atoms with Crippen LogP contribution in [0.3, 0.4) is 0 Å². The Morgan fingerprint density at radius 1 is 0.938 bits per heavy atom. The largest absolute Gasteiger partial charge is 1.00 e. The first-order valence-electron chi connectivity index (χ1n) is 4.03. The molecular formula is C10H9NaO4S. The third kappa shape index (κ3) is 3.04. The first-order valence-corrected chi connectivity index (χ1v) is 5.43. The van der Waals surface area contributed by atoms with E-state index in [0.717, 1.165) is 5.56 Å². The fourth-order valence-corrected chi connectivity index (χ4v) is 2.09. The fraction of sp³-hybridized carbons (Fsp3) is 0. The van der Waals surface area contributed by atoms with Crippen LogP contribution in [0.25, 0.3) is 11.1 Å². The van der Waals surface area contributed by atoms with Crippen LogP contribution < -0.4 is 29.6 Å². The number of hydrogen-bond donors (Lipinski definition) is 0. The Bertz CT molecular complexity index is 538. The van der Waals surface area contributed by atoms with Crippen LogP contribution in [0.15, 0.2) is 47.4 Å². The summed E-state index contributed by atoms with van der Waals surface area (Å²) in [6.07, 6.45) is 0. The molecule has 0 fully saturated rings. The maximum atomic E-state index is 10.9. The van der Waals surface area contributed by atoms with Crippen molar-refractivity contribution >= 4 is 10.1 Å². The Kier molecular flexibility index (Phi) is 5.61. The van der Waals surface area contributed by atoms with Gasteiger partial charge in [-0.2, -0.15) is 0 Å². The van der Waals surface area contributed by atoms with Gasteiger partial charge in [-0.25, -0.2) is 8.42 Å². The van der Waals surface area contributed by atoms with Crippen molar-refractivity contribution in [1.29, 1.82) is 0 Å². The number of hydrogen-bond acceptors (Lipinski definition) is 3. The second kappa shape index (κ2) is 5.77. The summed E-state index contributed by atoms with van der Waals surface area (Å²) in [5, 5.41) is 0. The zero-order chi connectivity index (χ0) is 10.2. The van der Waals surface area contributed by atoms with Crippen LogP contribution in [0.1, 0.15) is 0 Å². The van der Waals surface area contributed by atoms with Crippen LogP contribution in [0, 0.1) is 0 Å². The summed E-state index contributed by atoms with van der Waals surface area (Å²) in [7, 11) is -4.37. The van der Waals surface area contributed by atoms with Crippen molar-refractivity contribution in [2.75, 3.05) is 0 Å². The minimum atomic E-state index is -4.37. The van der Waals surface area contributed by atoms with Gasteiger partial charge in [0.2, 0.25) is 0 Å². The molecule has 0 atom stereocenters. The predicted octanol–water partition coefficient (Wildman–Crippen LogP) is -2.13. The van der Waals surface area contributed by atoms with Gasteiger partial charge in [-0.1, -0.05) is 36.4 Å². The third-order valence-electron chi connectivity index (χ3n) is 2.02. The van der Waals surface area contributed by atoms with Gasteiger partial charge in [-0.05, 0) is 17.2 Å². The summed E-state index contributed by atoms with van der Waals surface area (Å²) < 4.78 is 32.6. The smallest absolute Gasteiger partial charge is 0.744 e. The average Bonchev–Trinajstić information content (AvgIpc) is 2.36. The minimum absolute atomic E-state index is 0. The summed E-state index contributed by atoms with van der Waals surface area (Å²) in [6.45, 7) is 0. The first-order chi connectivity index (χ1) is 6.59. The minimum Gasteiger partial charge on any atom is -0.744 e. The molecular weight excluding hydrogens is 239 g/mol. The summed E-state index contributed by atoms with van der Waals surface area (Å²) in [6, 6.07) is 11.6. The summed E-state index contributed by atoms with van der Waals surface area (Å²) in [5.41, 5.74) is 1.23. The monoisotopic (exact) mass is 248 g/mol. The summed E-state index contributed by atoms with van der Waals surface area (Å²) in [4.78, 5) is -0.149. The molecule has 0 heterocycles. The van der Waals surface area contributed by atoms with Crippen molar-refractivity contribution < 1.29 is 48.0 Å². The normalized spacial score (nSPS) is 10.3. The quantitative estimate of drug-likeness (QED) is 0.426. The van der Waals surface area contributed by atoms with Gasteiger partial charge < -0.3 is 10.0 Å².